The first-order chi connectivity index (χ1) is 29.2. The van der Waals surface area contributed by atoms with Crippen LogP contribution in [0.2, 0.25) is 0 Å². The van der Waals surface area contributed by atoms with E-state index in [1.807, 2.05) is 0 Å². The van der Waals surface area contributed by atoms with Gasteiger partial charge in [0, 0.05) is 50.4 Å². The van der Waals surface area contributed by atoms with Crippen LogP contribution >= 0.6 is 0 Å². The Bertz CT molecular complexity index is 2940. The molecule has 3 heteroatoms. The standard InChI is InChI=1S/C56H47BN2/c1-2-12-38(13-3-1)58-49-22-11-23-50-53(49)57(46-29-28-44-52(54(46)58)40-15-5-7-17-42(40)56(44)33-35-25-27-37(56)31-35)45-19-8-9-20-47(45)59(50)48-21-10-18-43-51(48)39-14-4-6-16-41(39)55(43)32-34-24-26-36(55)30-34/h1-2,4-12,14-23,28-29,34-37H,3,13,24-27,30-33H2/t34-,35?,36+,37?,55+,56+/m1/s1. The Kier molecular flexibility index (Phi) is 6.13. The highest BCUT2D eigenvalue weighted by Gasteiger charge is 2.59. The third kappa shape index (κ3) is 3.76. The highest BCUT2D eigenvalue weighted by Crippen LogP contribution is 2.69. The maximum Gasteiger partial charge on any atom is 0.252 e. The van der Waals surface area contributed by atoms with Gasteiger partial charge < -0.3 is 9.80 Å². The summed E-state index contributed by atoms with van der Waals surface area (Å²) in [5.74, 6) is 3.17. The molecule has 6 aromatic carbocycles. The minimum atomic E-state index is 0.134. The van der Waals surface area contributed by atoms with Crippen LogP contribution in [0.3, 0.4) is 0 Å². The van der Waals surface area contributed by atoms with E-state index in [4.69, 9.17) is 0 Å². The summed E-state index contributed by atoms with van der Waals surface area (Å²) in [4.78, 5) is 5.45. The maximum atomic E-state index is 2.76. The van der Waals surface area contributed by atoms with Crippen LogP contribution in [0, 0.1) is 23.7 Å². The molecule has 0 amide bonds. The van der Waals surface area contributed by atoms with E-state index in [0.29, 0.717) is 0 Å². The average Bonchev–Trinajstić information content (AvgIpc) is 4.17. The third-order valence-electron chi connectivity index (χ3n) is 17.6. The molecular formula is C56H47BN2. The molecule has 284 valence electrons. The minimum Gasteiger partial charge on any atom is -0.315 e. The fourth-order valence-corrected chi connectivity index (χ4v) is 15.8. The van der Waals surface area contributed by atoms with E-state index in [-0.39, 0.29) is 17.5 Å². The lowest BCUT2D eigenvalue weighted by atomic mass is 9.33. The molecule has 2 heterocycles. The molecule has 0 radical (unpaired) electrons. The van der Waals surface area contributed by atoms with Gasteiger partial charge in [0.05, 0.1) is 5.69 Å². The van der Waals surface area contributed by atoms with Crippen molar-refractivity contribution < 1.29 is 0 Å². The van der Waals surface area contributed by atoms with E-state index >= 15 is 0 Å². The first-order valence-corrected chi connectivity index (χ1v) is 22.9. The van der Waals surface area contributed by atoms with Crippen LogP contribution < -0.4 is 26.2 Å². The van der Waals surface area contributed by atoms with E-state index in [1.54, 1.807) is 22.3 Å². The molecule has 2 nitrogen and oxygen atoms in total. The average molecular weight is 759 g/mol. The van der Waals surface area contributed by atoms with Crippen LogP contribution in [0.25, 0.3) is 22.3 Å². The smallest absolute Gasteiger partial charge is 0.252 e. The number of fused-ring (bicyclic) bond motifs is 21. The molecule has 59 heavy (non-hydrogen) atoms. The summed E-state index contributed by atoms with van der Waals surface area (Å²) < 4.78 is 0. The summed E-state index contributed by atoms with van der Waals surface area (Å²) in [6, 6.07) is 48.5. The fraction of sp³-hybridized carbons (Fsp3) is 0.286. The van der Waals surface area contributed by atoms with E-state index < -0.39 is 0 Å². The lowest BCUT2D eigenvalue weighted by Crippen LogP contribution is -2.62. The molecule has 9 aliphatic rings. The molecule has 4 bridgehead atoms. The Morgan fingerprint density at radius 3 is 1.81 bits per heavy atom. The molecule has 7 aliphatic carbocycles. The minimum absolute atomic E-state index is 0.134. The van der Waals surface area contributed by atoms with Gasteiger partial charge in [0.25, 0.3) is 6.71 Å². The Morgan fingerprint density at radius 2 is 1.12 bits per heavy atom. The third-order valence-corrected chi connectivity index (χ3v) is 17.6. The van der Waals surface area contributed by atoms with Crippen molar-refractivity contribution in [2.45, 2.75) is 75.0 Å². The van der Waals surface area contributed by atoms with Gasteiger partial charge in [-0.25, -0.2) is 0 Å². The first kappa shape index (κ1) is 32.3. The number of hydrogen-bond acceptors (Lipinski definition) is 2. The lowest BCUT2D eigenvalue weighted by molar-refractivity contribution is 0.327. The monoisotopic (exact) mass is 758 g/mol. The van der Waals surface area contributed by atoms with Crippen molar-refractivity contribution in [3.8, 4) is 22.3 Å². The predicted octanol–water partition coefficient (Wildman–Crippen LogP) is 11.8. The van der Waals surface area contributed by atoms with Crippen molar-refractivity contribution in [3.05, 3.63) is 168 Å². The Hall–Kier alpha value is -5.54. The number of benzene rings is 6. The van der Waals surface area contributed by atoms with E-state index in [2.05, 4.69) is 149 Å². The zero-order chi connectivity index (χ0) is 38.2. The van der Waals surface area contributed by atoms with Crippen LogP contribution in [0.1, 0.15) is 86.5 Å². The van der Waals surface area contributed by atoms with Gasteiger partial charge >= 0.3 is 0 Å². The van der Waals surface area contributed by atoms with Crippen molar-refractivity contribution >= 4 is 51.5 Å². The molecule has 2 unspecified atom stereocenters. The quantitative estimate of drug-likeness (QED) is 0.162. The number of allylic oxidation sites excluding steroid dienone is 4. The van der Waals surface area contributed by atoms with Crippen molar-refractivity contribution in [2.75, 3.05) is 9.80 Å². The van der Waals surface area contributed by atoms with Crippen molar-refractivity contribution in [2.24, 2.45) is 23.7 Å². The number of rotatable bonds is 2. The molecule has 0 saturated heterocycles. The molecular weight excluding hydrogens is 711 g/mol. The Balaban J connectivity index is 1.01. The van der Waals surface area contributed by atoms with Gasteiger partial charge in [-0.1, -0.05) is 122 Å². The van der Waals surface area contributed by atoms with E-state index in [1.165, 1.54) is 124 Å². The molecule has 4 saturated carbocycles. The molecule has 6 aromatic rings. The second-order valence-electron chi connectivity index (χ2n) is 19.8. The molecule has 4 fully saturated rings. The zero-order valence-corrected chi connectivity index (χ0v) is 33.6. The molecule has 6 atom stereocenters. The van der Waals surface area contributed by atoms with Crippen LogP contribution in [-0.2, 0) is 10.8 Å². The zero-order valence-electron chi connectivity index (χ0n) is 33.6. The molecule has 2 aliphatic heterocycles. The van der Waals surface area contributed by atoms with Crippen molar-refractivity contribution in [1.82, 2.24) is 0 Å². The maximum absolute atomic E-state index is 2.76. The summed E-state index contributed by atoms with van der Waals surface area (Å²) in [6.07, 6.45) is 20.1. The SMILES string of the molecule is C1=CCCC(N2c3cccc4c3B(c3ccccc3N4c3cccc4c3-c3ccccc3[C@@]43C[C@@H]4CC[C@H]3C4)c3ccc4c(c32)-c2ccccc2[C@@]42CC3CCC2C3)=C1. The molecule has 2 spiro atoms. The van der Waals surface area contributed by atoms with Gasteiger partial charge in [-0.3, -0.25) is 0 Å². The normalized spacial score (nSPS) is 28.7. The van der Waals surface area contributed by atoms with Crippen molar-refractivity contribution in [3.63, 3.8) is 0 Å². The van der Waals surface area contributed by atoms with Crippen LogP contribution in [0.4, 0.5) is 28.4 Å². The molecule has 0 aromatic heterocycles. The molecule has 15 rings (SSSR count). The topological polar surface area (TPSA) is 6.48 Å². The Morgan fingerprint density at radius 1 is 0.508 bits per heavy atom. The number of anilines is 5. The van der Waals surface area contributed by atoms with Gasteiger partial charge in [0.2, 0.25) is 0 Å². The van der Waals surface area contributed by atoms with Crippen LogP contribution in [0.15, 0.2) is 145 Å². The van der Waals surface area contributed by atoms with Crippen LogP contribution in [0.5, 0.6) is 0 Å². The van der Waals surface area contributed by atoms with Gasteiger partial charge in [0.1, 0.15) is 0 Å². The van der Waals surface area contributed by atoms with Gasteiger partial charge in [-0.2, -0.15) is 0 Å². The van der Waals surface area contributed by atoms with Gasteiger partial charge in [0.15, 0.2) is 0 Å². The number of nitrogens with zero attached hydrogens (tertiary/aromatic N) is 2. The number of para-hydroxylation sites is 1. The van der Waals surface area contributed by atoms with E-state index in [0.717, 1.165) is 36.5 Å². The summed E-state index contributed by atoms with van der Waals surface area (Å²) in [6.45, 7) is 0.134. The molecule has 0 N–H and O–H groups in total. The van der Waals surface area contributed by atoms with Gasteiger partial charge in [-0.05, 0) is 155 Å². The largest absolute Gasteiger partial charge is 0.315 e. The summed E-state index contributed by atoms with van der Waals surface area (Å²) in [5.41, 5.74) is 25.2. The van der Waals surface area contributed by atoms with Crippen LogP contribution in [-0.4, -0.2) is 6.71 Å². The van der Waals surface area contributed by atoms with E-state index in [9.17, 15) is 0 Å². The van der Waals surface area contributed by atoms with Gasteiger partial charge in [-0.15, -0.1) is 0 Å². The Labute approximate surface area is 348 Å². The predicted molar refractivity (Wildman–Crippen MR) is 244 cm³/mol. The second kappa shape index (κ2) is 11.2. The van der Waals surface area contributed by atoms with Crippen molar-refractivity contribution in [1.29, 1.82) is 0 Å². The second-order valence-corrected chi connectivity index (χ2v) is 19.8. The summed E-state index contributed by atoms with van der Waals surface area (Å²) in [7, 11) is 0. The number of hydrogen-bond donors (Lipinski definition) is 0. The highest BCUT2D eigenvalue weighted by molar-refractivity contribution is 7.00. The fourth-order valence-electron chi connectivity index (χ4n) is 15.8. The first-order valence-electron chi connectivity index (χ1n) is 22.9. The summed E-state index contributed by atoms with van der Waals surface area (Å²) >= 11 is 0. The summed E-state index contributed by atoms with van der Waals surface area (Å²) in [5, 5.41) is 0. The highest BCUT2D eigenvalue weighted by atomic mass is 15.2. The lowest BCUT2D eigenvalue weighted by Gasteiger charge is -2.46.